The van der Waals surface area contributed by atoms with Crippen LogP contribution < -0.4 is 10.5 Å². The molecule has 1 aromatic carbocycles. The van der Waals surface area contributed by atoms with Crippen LogP contribution in [0.2, 0.25) is 0 Å². The lowest BCUT2D eigenvalue weighted by molar-refractivity contribution is -0.152. The molecule has 0 spiro atoms. The number of amides is 1. The molecule has 1 aromatic rings. The maximum absolute atomic E-state index is 11.7. The third-order valence-corrected chi connectivity index (χ3v) is 3.59. The van der Waals surface area contributed by atoms with E-state index >= 15 is 0 Å². The Morgan fingerprint density at radius 1 is 1.32 bits per heavy atom. The van der Waals surface area contributed by atoms with Gasteiger partial charge in [0.25, 0.3) is 5.91 Å². The fourth-order valence-corrected chi connectivity index (χ4v) is 2.12. The standard InChI is InChI=1S/C11H14N2O5S/c1-8(11(12)15)18-10(14)7-13-19(16,17)9-5-3-2-4-6-9/h2-6,8,13H,7H2,1H3,(H2,12,15)/t8-/m0/s1. The summed E-state index contributed by atoms with van der Waals surface area (Å²) in [4.78, 5) is 22.0. The van der Waals surface area contributed by atoms with E-state index in [0.717, 1.165) is 0 Å². The number of benzene rings is 1. The third-order valence-electron chi connectivity index (χ3n) is 2.17. The molecule has 0 saturated heterocycles. The summed E-state index contributed by atoms with van der Waals surface area (Å²) in [6.45, 7) is 0.723. The average Bonchev–Trinajstić information content (AvgIpc) is 2.37. The Hall–Kier alpha value is -1.93. The molecule has 0 radical (unpaired) electrons. The summed E-state index contributed by atoms with van der Waals surface area (Å²) in [7, 11) is -3.78. The molecule has 104 valence electrons. The predicted molar refractivity (Wildman–Crippen MR) is 66.4 cm³/mol. The normalized spacial score (nSPS) is 12.7. The lowest BCUT2D eigenvalue weighted by Gasteiger charge is -2.10. The zero-order valence-electron chi connectivity index (χ0n) is 10.2. The number of hydrogen-bond acceptors (Lipinski definition) is 5. The monoisotopic (exact) mass is 286 g/mol. The Bertz CT molecular complexity index is 556. The second-order valence-corrected chi connectivity index (χ2v) is 5.44. The van der Waals surface area contributed by atoms with Gasteiger partial charge in [-0.3, -0.25) is 9.59 Å². The zero-order valence-corrected chi connectivity index (χ0v) is 11.0. The van der Waals surface area contributed by atoms with Crippen molar-refractivity contribution in [2.75, 3.05) is 6.54 Å². The van der Waals surface area contributed by atoms with E-state index < -0.39 is 34.5 Å². The van der Waals surface area contributed by atoms with Crippen molar-refractivity contribution in [2.24, 2.45) is 5.73 Å². The third kappa shape index (κ3) is 4.68. The molecule has 3 N–H and O–H groups in total. The highest BCUT2D eigenvalue weighted by Gasteiger charge is 2.18. The van der Waals surface area contributed by atoms with E-state index in [1.165, 1.54) is 19.1 Å². The molecule has 0 saturated carbocycles. The topological polar surface area (TPSA) is 116 Å². The minimum absolute atomic E-state index is 0.0331. The van der Waals surface area contributed by atoms with Gasteiger partial charge in [-0.2, -0.15) is 4.72 Å². The van der Waals surface area contributed by atoms with Crippen LogP contribution in [0.4, 0.5) is 0 Å². The van der Waals surface area contributed by atoms with Crippen molar-refractivity contribution in [2.45, 2.75) is 17.9 Å². The SMILES string of the molecule is C[C@H](OC(=O)CNS(=O)(=O)c1ccccc1)C(N)=O. The Morgan fingerprint density at radius 3 is 2.42 bits per heavy atom. The van der Waals surface area contributed by atoms with Gasteiger partial charge in [-0.05, 0) is 19.1 Å². The second-order valence-electron chi connectivity index (χ2n) is 3.67. The fourth-order valence-electron chi connectivity index (χ4n) is 1.13. The summed E-state index contributed by atoms with van der Waals surface area (Å²) in [6, 6.07) is 7.56. The van der Waals surface area contributed by atoms with Gasteiger partial charge in [-0.15, -0.1) is 0 Å². The summed E-state index contributed by atoms with van der Waals surface area (Å²) in [6.07, 6.45) is -1.10. The molecule has 0 aliphatic heterocycles. The number of sulfonamides is 1. The lowest BCUT2D eigenvalue weighted by Crippen LogP contribution is -2.36. The molecular weight excluding hydrogens is 272 g/mol. The smallest absolute Gasteiger partial charge is 0.321 e. The Morgan fingerprint density at radius 2 is 1.89 bits per heavy atom. The van der Waals surface area contributed by atoms with Crippen LogP contribution in [-0.4, -0.2) is 32.9 Å². The van der Waals surface area contributed by atoms with E-state index in [0.29, 0.717) is 0 Å². The number of rotatable bonds is 6. The van der Waals surface area contributed by atoms with Crippen molar-refractivity contribution in [3.63, 3.8) is 0 Å². The molecule has 0 aliphatic rings. The van der Waals surface area contributed by atoms with Crippen molar-refractivity contribution in [1.29, 1.82) is 0 Å². The molecule has 7 nitrogen and oxygen atoms in total. The quantitative estimate of drug-likeness (QED) is 0.676. The summed E-state index contributed by atoms with van der Waals surface area (Å²) < 4.78 is 30.2. The number of nitrogens with one attached hydrogen (secondary N) is 1. The first-order chi connectivity index (χ1) is 8.83. The number of primary amides is 1. The highest BCUT2D eigenvalue weighted by Crippen LogP contribution is 2.06. The molecule has 8 heteroatoms. The van der Waals surface area contributed by atoms with E-state index in [1.807, 2.05) is 0 Å². The van der Waals surface area contributed by atoms with Gasteiger partial charge in [-0.25, -0.2) is 8.42 Å². The second kappa shape index (κ2) is 6.30. The van der Waals surface area contributed by atoms with E-state index in [4.69, 9.17) is 5.73 Å². The number of hydrogen-bond donors (Lipinski definition) is 2. The first-order valence-corrected chi connectivity index (χ1v) is 6.85. The van der Waals surface area contributed by atoms with Crippen LogP contribution in [0.25, 0.3) is 0 Å². The van der Waals surface area contributed by atoms with Gasteiger partial charge in [0.05, 0.1) is 4.90 Å². The Balaban J connectivity index is 2.57. The summed E-state index contributed by atoms with van der Waals surface area (Å²) >= 11 is 0. The van der Waals surface area contributed by atoms with Crippen molar-refractivity contribution in [3.05, 3.63) is 30.3 Å². The highest BCUT2D eigenvalue weighted by atomic mass is 32.2. The fraction of sp³-hybridized carbons (Fsp3) is 0.273. The molecule has 1 rings (SSSR count). The minimum Gasteiger partial charge on any atom is -0.452 e. The van der Waals surface area contributed by atoms with Crippen LogP contribution in [0.3, 0.4) is 0 Å². The summed E-state index contributed by atoms with van der Waals surface area (Å²) in [5, 5.41) is 0. The van der Waals surface area contributed by atoms with Crippen LogP contribution in [0.5, 0.6) is 0 Å². The Kier molecular flexibility index (Phi) is 5.02. The van der Waals surface area contributed by atoms with E-state index in [2.05, 4.69) is 9.46 Å². The van der Waals surface area contributed by atoms with Crippen molar-refractivity contribution in [3.8, 4) is 0 Å². The van der Waals surface area contributed by atoms with Crippen LogP contribution >= 0.6 is 0 Å². The van der Waals surface area contributed by atoms with E-state index in [-0.39, 0.29) is 4.90 Å². The number of carbonyl (C=O) groups is 2. The molecule has 0 fully saturated rings. The van der Waals surface area contributed by atoms with Gasteiger partial charge in [0.2, 0.25) is 10.0 Å². The van der Waals surface area contributed by atoms with Gasteiger partial charge in [-0.1, -0.05) is 18.2 Å². The molecule has 19 heavy (non-hydrogen) atoms. The van der Waals surface area contributed by atoms with Gasteiger partial charge < -0.3 is 10.5 Å². The van der Waals surface area contributed by atoms with Crippen LogP contribution in [0, 0.1) is 0 Å². The first-order valence-electron chi connectivity index (χ1n) is 5.36. The molecule has 0 aromatic heterocycles. The predicted octanol–water partition coefficient (Wildman–Crippen LogP) is -0.618. The number of ether oxygens (including phenoxy) is 1. The summed E-state index contributed by atoms with van der Waals surface area (Å²) in [5.74, 6) is -1.69. The molecule has 0 bridgehead atoms. The van der Waals surface area contributed by atoms with Crippen molar-refractivity contribution < 1.29 is 22.7 Å². The highest BCUT2D eigenvalue weighted by molar-refractivity contribution is 7.89. The zero-order chi connectivity index (χ0) is 14.5. The number of esters is 1. The van der Waals surface area contributed by atoms with Gasteiger partial charge in [0.1, 0.15) is 6.54 Å². The number of nitrogens with two attached hydrogens (primary N) is 1. The molecule has 0 aliphatic carbocycles. The van der Waals surface area contributed by atoms with Crippen LogP contribution in [-0.2, 0) is 24.3 Å². The maximum Gasteiger partial charge on any atom is 0.321 e. The van der Waals surface area contributed by atoms with E-state index in [9.17, 15) is 18.0 Å². The molecule has 0 heterocycles. The van der Waals surface area contributed by atoms with Gasteiger partial charge in [0.15, 0.2) is 6.10 Å². The summed E-state index contributed by atoms with van der Waals surface area (Å²) in [5.41, 5.74) is 4.90. The minimum atomic E-state index is -3.78. The number of carbonyl (C=O) groups excluding carboxylic acids is 2. The largest absolute Gasteiger partial charge is 0.452 e. The lowest BCUT2D eigenvalue weighted by atomic mass is 10.4. The molecular formula is C11H14N2O5S. The maximum atomic E-state index is 11.7. The molecule has 1 amide bonds. The molecule has 0 unspecified atom stereocenters. The van der Waals surface area contributed by atoms with Gasteiger partial charge in [0, 0.05) is 0 Å². The van der Waals surface area contributed by atoms with Crippen molar-refractivity contribution >= 4 is 21.9 Å². The van der Waals surface area contributed by atoms with Crippen molar-refractivity contribution in [1.82, 2.24) is 4.72 Å². The Labute approximate surface area is 110 Å². The van der Waals surface area contributed by atoms with E-state index in [1.54, 1.807) is 18.2 Å². The first kappa shape index (κ1) is 15.1. The molecule has 1 atom stereocenters. The van der Waals surface area contributed by atoms with Crippen LogP contribution in [0.1, 0.15) is 6.92 Å². The average molecular weight is 286 g/mol. The van der Waals surface area contributed by atoms with Crippen LogP contribution in [0.15, 0.2) is 35.2 Å². The van der Waals surface area contributed by atoms with Gasteiger partial charge >= 0.3 is 5.97 Å².